The van der Waals surface area contributed by atoms with Gasteiger partial charge in [0, 0.05) is 5.56 Å². The van der Waals surface area contributed by atoms with Crippen molar-refractivity contribution in [2.75, 3.05) is 14.2 Å². The highest BCUT2D eigenvalue weighted by Gasteiger charge is 2.34. The van der Waals surface area contributed by atoms with Crippen LogP contribution in [0.3, 0.4) is 0 Å². The maximum Gasteiger partial charge on any atom is 0.573 e. The normalized spacial score (nSPS) is 12.4. The molecular formula is C22H20Cl2F3NO5. The van der Waals surface area contributed by atoms with Crippen LogP contribution in [0.4, 0.5) is 13.2 Å². The smallest absolute Gasteiger partial charge is 0.503 e. The molecule has 6 nitrogen and oxygen atoms in total. The van der Waals surface area contributed by atoms with Crippen molar-refractivity contribution < 1.29 is 37.0 Å². The Kier molecular flexibility index (Phi) is 9.01. The number of carbonyl (C=O) groups is 1. The van der Waals surface area contributed by atoms with Crippen LogP contribution in [0.15, 0.2) is 41.7 Å². The predicted molar refractivity (Wildman–Crippen MR) is 118 cm³/mol. The third-order valence-electron chi connectivity index (χ3n) is 4.39. The Morgan fingerprint density at radius 1 is 1.12 bits per heavy atom. The molecule has 0 atom stereocenters. The van der Waals surface area contributed by atoms with E-state index in [1.165, 1.54) is 39.5 Å². The van der Waals surface area contributed by atoms with Gasteiger partial charge in [0.2, 0.25) is 0 Å². The van der Waals surface area contributed by atoms with E-state index in [0.29, 0.717) is 11.1 Å². The van der Waals surface area contributed by atoms with Crippen LogP contribution >= 0.6 is 23.2 Å². The standard InChI is InChI=1S/C22H20Cl2F3NO5/c1-12-6-5-7-14(16(10-30-3)21(29)31-4)15(12)11-32-28-13(2)19-17(23)8-9-18(24)20(19)33-22(25,26)27/h5-10H,11H2,1-4H3/b16-10+,28-13+. The number of halogens is 5. The van der Waals surface area contributed by atoms with E-state index in [1.54, 1.807) is 25.1 Å². The molecule has 0 fully saturated rings. The third kappa shape index (κ3) is 6.79. The van der Waals surface area contributed by atoms with Gasteiger partial charge in [-0.1, -0.05) is 46.6 Å². The molecule has 0 unspecified atom stereocenters. The van der Waals surface area contributed by atoms with Gasteiger partial charge in [-0.05, 0) is 37.1 Å². The summed E-state index contributed by atoms with van der Waals surface area (Å²) >= 11 is 12.0. The monoisotopic (exact) mass is 505 g/mol. The van der Waals surface area contributed by atoms with Gasteiger partial charge in [0.25, 0.3) is 0 Å². The fourth-order valence-electron chi connectivity index (χ4n) is 2.92. The Labute approximate surface area is 198 Å². The molecule has 0 heterocycles. The summed E-state index contributed by atoms with van der Waals surface area (Å²) in [7, 11) is 2.62. The molecule has 0 aliphatic heterocycles. The van der Waals surface area contributed by atoms with Crippen molar-refractivity contribution in [1.82, 2.24) is 0 Å². The Morgan fingerprint density at radius 2 is 1.79 bits per heavy atom. The van der Waals surface area contributed by atoms with E-state index < -0.39 is 18.1 Å². The quantitative estimate of drug-likeness (QED) is 0.138. The Balaban J connectivity index is 2.40. The number of carbonyl (C=O) groups excluding carboxylic acids is 1. The fraction of sp³-hybridized carbons (Fsp3) is 0.273. The van der Waals surface area contributed by atoms with Gasteiger partial charge in [0.15, 0.2) is 5.75 Å². The zero-order chi connectivity index (χ0) is 24.8. The molecule has 0 radical (unpaired) electrons. The number of benzene rings is 2. The number of rotatable bonds is 8. The molecule has 0 amide bonds. The number of ether oxygens (including phenoxy) is 3. The zero-order valence-electron chi connectivity index (χ0n) is 18.0. The summed E-state index contributed by atoms with van der Waals surface area (Å²) in [6, 6.07) is 7.70. The maximum absolute atomic E-state index is 12.8. The first-order valence-corrected chi connectivity index (χ1v) is 10.1. The first-order chi connectivity index (χ1) is 15.5. The highest BCUT2D eigenvalue weighted by molar-refractivity contribution is 6.37. The topological polar surface area (TPSA) is 66.4 Å². The van der Waals surface area contributed by atoms with Gasteiger partial charge in [-0.15, -0.1) is 13.2 Å². The largest absolute Gasteiger partial charge is 0.573 e. The molecule has 0 bridgehead atoms. The number of aryl methyl sites for hydroxylation is 1. The van der Waals surface area contributed by atoms with Crippen LogP contribution in [-0.2, 0) is 25.7 Å². The third-order valence-corrected chi connectivity index (χ3v) is 5.00. The maximum atomic E-state index is 12.8. The lowest BCUT2D eigenvalue weighted by Crippen LogP contribution is -2.19. The molecule has 0 aliphatic carbocycles. The highest BCUT2D eigenvalue weighted by atomic mass is 35.5. The summed E-state index contributed by atoms with van der Waals surface area (Å²) in [5.41, 5.74) is 1.83. The minimum Gasteiger partial charge on any atom is -0.503 e. The van der Waals surface area contributed by atoms with Crippen LogP contribution < -0.4 is 4.74 Å². The molecule has 0 aromatic heterocycles. The number of nitrogens with zero attached hydrogens (tertiary/aromatic N) is 1. The second-order valence-corrected chi connectivity index (χ2v) is 7.41. The van der Waals surface area contributed by atoms with Gasteiger partial charge in [-0.3, -0.25) is 0 Å². The van der Waals surface area contributed by atoms with Crippen molar-refractivity contribution in [2.24, 2.45) is 5.16 Å². The summed E-state index contributed by atoms with van der Waals surface area (Å²) in [5, 5.41) is 3.54. The summed E-state index contributed by atoms with van der Waals surface area (Å²) < 4.78 is 52.4. The minimum atomic E-state index is -4.99. The Morgan fingerprint density at radius 3 is 2.39 bits per heavy atom. The first-order valence-electron chi connectivity index (χ1n) is 9.31. The van der Waals surface area contributed by atoms with Crippen molar-refractivity contribution in [3.63, 3.8) is 0 Å². The van der Waals surface area contributed by atoms with Crippen molar-refractivity contribution >= 4 is 40.5 Å². The van der Waals surface area contributed by atoms with E-state index in [0.717, 1.165) is 5.56 Å². The molecular weight excluding hydrogens is 486 g/mol. The number of methoxy groups -OCH3 is 2. The minimum absolute atomic E-state index is 0.00231. The number of hydrogen-bond donors (Lipinski definition) is 0. The van der Waals surface area contributed by atoms with E-state index in [4.69, 9.17) is 37.5 Å². The molecule has 178 valence electrons. The highest BCUT2D eigenvalue weighted by Crippen LogP contribution is 2.38. The Hall–Kier alpha value is -2.91. The average Bonchev–Trinajstić information content (AvgIpc) is 2.74. The van der Waals surface area contributed by atoms with Gasteiger partial charge in [0.1, 0.15) is 12.2 Å². The van der Waals surface area contributed by atoms with Crippen molar-refractivity contribution in [3.8, 4) is 5.75 Å². The second kappa shape index (κ2) is 11.3. The van der Waals surface area contributed by atoms with Crippen molar-refractivity contribution in [3.05, 3.63) is 68.9 Å². The van der Waals surface area contributed by atoms with Crippen LogP contribution in [0.2, 0.25) is 10.0 Å². The van der Waals surface area contributed by atoms with E-state index in [1.807, 2.05) is 0 Å². The van der Waals surface area contributed by atoms with Crippen LogP contribution in [0, 0.1) is 6.92 Å². The molecule has 0 N–H and O–H groups in total. The predicted octanol–water partition coefficient (Wildman–Crippen LogP) is 6.30. The van der Waals surface area contributed by atoms with E-state index in [2.05, 4.69) is 9.89 Å². The molecule has 11 heteroatoms. The number of esters is 1. The lowest BCUT2D eigenvalue weighted by atomic mass is 9.97. The Bertz CT molecular complexity index is 1080. The molecule has 2 rings (SSSR count). The van der Waals surface area contributed by atoms with E-state index >= 15 is 0 Å². The number of hydrogen-bond acceptors (Lipinski definition) is 6. The molecule has 0 saturated carbocycles. The van der Waals surface area contributed by atoms with Crippen molar-refractivity contribution in [1.29, 1.82) is 0 Å². The molecule has 0 saturated heterocycles. The molecule has 2 aromatic rings. The van der Waals surface area contributed by atoms with Gasteiger partial charge < -0.3 is 19.0 Å². The van der Waals surface area contributed by atoms with E-state index in [-0.39, 0.29) is 33.5 Å². The molecule has 0 spiro atoms. The van der Waals surface area contributed by atoms with Crippen LogP contribution in [0.25, 0.3) is 5.57 Å². The SMILES string of the molecule is CO/C=C(/C(=O)OC)c1cccc(C)c1CO/N=C(\C)c1c(Cl)ccc(Cl)c1OC(F)(F)F. The lowest BCUT2D eigenvalue weighted by molar-refractivity contribution is -0.274. The zero-order valence-corrected chi connectivity index (χ0v) is 19.6. The summed E-state index contributed by atoms with van der Waals surface area (Å²) in [6.07, 6.45) is -3.75. The van der Waals surface area contributed by atoms with Gasteiger partial charge in [0.05, 0.1) is 41.8 Å². The molecule has 2 aromatic carbocycles. The lowest BCUT2D eigenvalue weighted by Gasteiger charge is -2.16. The first kappa shape index (κ1) is 26.3. The van der Waals surface area contributed by atoms with Crippen LogP contribution in [-0.4, -0.2) is 32.3 Å². The molecule has 33 heavy (non-hydrogen) atoms. The fourth-order valence-corrected chi connectivity index (χ4v) is 3.40. The van der Waals surface area contributed by atoms with E-state index in [9.17, 15) is 18.0 Å². The van der Waals surface area contributed by atoms with Gasteiger partial charge in [-0.2, -0.15) is 0 Å². The van der Waals surface area contributed by atoms with Gasteiger partial charge in [-0.25, -0.2) is 4.79 Å². The molecule has 0 aliphatic rings. The summed E-state index contributed by atoms with van der Waals surface area (Å²) in [6.45, 7) is 3.07. The number of oxime groups is 1. The number of alkyl halides is 3. The van der Waals surface area contributed by atoms with Crippen LogP contribution in [0.5, 0.6) is 5.75 Å². The van der Waals surface area contributed by atoms with Crippen LogP contribution in [0.1, 0.15) is 29.2 Å². The second-order valence-electron chi connectivity index (χ2n) is 6.59. The van der Waals surface area contributed by atoms with Gasteiger partial charge >= 0.3 is 12.3 Å². The summed E-state index contributed by atoms with van der Waals surface area (Å²) in [4.78, 5) is 17.6. The van der Waals surface area contributed by atoms with Crippen molar-refractivity contribution in [2.45, 2.75) is 26.8 Å². The summed E-state index contributed by atoms with van der Waals surface area (Å²) in [5.74, 6) is -1.31. The average molecular weight is 506 g/mol.